The standard InChI is InChI=1S/C16H11BrN4OS/c17-11-5-3-4-10(8-11)9-18-13-7-2-1-6-12(13)14-15(22)19-16(23)21-20-14/h1-9H,(H2,19,21,22,23). The van der Waals surface area contributed by atoms with Crippen molar-refractivity contribution in [2.75, 3.05) is 0 Å². The van der Waals surface area contributed by atoms with Crippen LogP contribution in [0.25, 0.3) is 11.3 Å². The predicted octanol–water partition coefficient (Wildman–Crippen LogP) is 4.01. The lowest BCUT2D eigenvalue weighted by Gasteiger charge is -2.03. The topological polar surface area (TPSA) is 73.9 Å². The van der Waals surface area contributed by atoms with Crippen LogP contribution in [0.5, 0.6) is 0 Å². The van der Waals surface area contributed by atoms with E-state index in [-0.39, 0.29) is 16.0 Å². The Morgan fingerprint density at radius 3 is 2.78 bits per heavy atom. The summed E-state index contributed by atoms with van der Waals surface area (Å²) in [6, 6.07) is 15.1. The third kappa shape index (κ3) is 3.69. The molecule has 0 spiro atoms. The van der Waals surface area contributed by atoms with Crippen molar-refractivity contribution < 1.29 is 0 Å². The maximum atomic E-state index is 12.0. The Morgan fingerprint density at radius 2 is 2.00 bits per heavy atom. The molecular weight excluding hydrogens is 376 g/mol. The van der Waals surface area contributed by atoms with Crippen LogP contribution in [0.4, 0.5) is 5.69 Å². The SMILES string of the molecule is O=c1[nH]c(=S)[nH]nc1-c1ccccc1N=Cc1cccc(Br)c1. The highest BCUT2D eigenvalue weighted by Crippen LogP contribution is 2.26. The molecule has 7 heteroatoms. The van der Waals surface area contributed by atoms with E-state index in [1.54, 1.807) is 12.3 Å². The van der Waals surface area contributed by atoms with Crippen molar-refractivity contribution in [2.24, 2.45) is 4.99 Å². The monoisotopic (exact) mass is 386 g/mol. The van der Waals surface area contributed by atoms with Gasteiger partial charge in [-0.3, -0.25) is 19.9 Å². The molecule has 1 heterocycles. The average Bonchev–Trinajstić information content (AvgIpc) is 2.54. The number of rotatable bonds is 3. The highest BCUT2D eigenvalue weighted by atomic mass is 79.9. The van der Waals surface area contributed by atoms with Crippen molar-refractivity contribution in [1.29, 1.82) is 0 Å². The highest BCUT2D eigenvalue weighted by molar-refractivity contribution is 9.10. The second-order valence-electron chi connectivity index (χ2n) is 4.69. The van der Waals surface area contributed by atoms with Crippen LogP contribution in [-0.2, 0) is 0 Å². The minimum Gasteiger partial charge on any atom is -0.296 e. The third-order valence-corrected chi connectivity index (χ3v) is 3.76. The number of hydrogen-bond acceptors (Lipinski definition) is 4. The molecule has 0 radical (unpaired) electrons. The first-order valence-electron chi connectivity index (χ1n) is 6.71. The molecule has 5 nitrogen and oxygen atoms in total. The van der Waals surface area contributed by atoms with Crippen LogP contribution >= 0.6 is 28.1 Å². The number of aliphatic imine (C=N–C) groups is 1. The van der Waals surface area contributed by atoms with Crippen LogP contribution in [0.2, 0.25) is 0 Å². The molecule has 0 bridgehead atoms. The van der Waals surface area contributed by atoms with Crippen LogP contribution in [0.1, 0.15) is 5.56 Å². The Bertz CT molecular complexity index is 993. The first-order chi connectivity index (χ1) is 11.1. The van der Waals surface area contributed by atoms with E-state index < -0.39 is 0 Å². The fraction of sp³-hybridized carbons (Fsp3) is 0. The van der Waals surface area contributed by atoms with Crippen molar-refractivity contribution in [2.45, 2.75) is 0 Å². The van der Waals surface area contributed by atoms with Gasteiger partial charge in [0.25, 0.3) is 5.56 Å². The normalized spacial score (nSPS) is 11.0. The summed E-state index contributed by atoms with van der Waals surface area (Å²) in [4.78, 5) is 19.1. The summed E-state index contributed by atoms with van der Waals surface area (Å²) < 4.78 is 1.16. The van der Waals surface area contributed by atoms with Crippen LogP contribution in [0, 0.1) is 4.77 Å². The zero-order chi connectivity index (χ0) is 16.2. The van der Waals surface area contributed by atoms with Crippen LogP contribution in [0.3, 0.4) is 0 Å². The lowest BCUT2D eigenvalue weighted by molar-refractivity contribution is 0.932. The quantitative estimate of drug-likeness (QED) is 0.527. The molecule has 0 saturated heterocycles. The Hall–Kier alpha value is -2.38. The Kier molecular flexibility index (Phi) is 4.59. The van der Waals surface area contributed by atoms with Gasteiger partial charge in [0.1, 0.15) is 0 Å². The van der Waals surface area contributed by atoms with Gasteiger partial charge >= 0.3 is 0 Å². The summed E-state index contributed by atoms with van der Waals surface area (Å²) in [5.41, 5.74) is 2.13. The van der Waals surface area contributed by atoms with Gasteiger partial charge in [0.15, 0.2) is 10.5 Å². The molecule has 0 atom stereocenters. The highest BCUT2D eigenvalue weighted by Gasteiger charge is 2.09. The number of H-pyrrole nitrogens is 2. The molecule has 3 aromatic rings. The molecule has 1 aromatic heterocycles. The minimum atomic E-state index is -0.348. The molecule has 0 aliphatic rings. The van der Waals surface area contributed by atoms with Crippen molar-refractivity contribution in [3.8, 4) is 11.3 Å². The summed E-state index contributed by atoms with van der Waals surface area (Å²) in [6.45, 7) is 0. The maximum Gasteiger partial charge on any atom is 0.278 e. The van der Waals surface area contributed by atoms with Gasteiger partial charge in [0.05, 0.1) is 5.69 Å². The van der Waals surface area contributed by atoms with Crippen molar-refractivity contribution in [1.82, 2.24) is 15.2 Å². The largest absolute Gasteiger partial charge is 0.296 e. The summed E-state index contributed by atoms with van der Waals surface area (Å²) >= 11 is 8.29. The van der Waals surface area contributed by atoms with Crippen LogP contribution < -0.4 is 5.56 Å². The van der Waals surface area contributed by atoms with Gasteiger partial charge in [-0.15, -0.1) is 0 Å². The number of nitrogens with zero attached hydrogens (tertiary/aromatic N) is 2. The lowest BCUT2D eigenvalue weighted by Crippen LogP contribution is -2.12. The first kappa shape index (κ1) is 15.5. The zero-order valence-electron chi connectivity index (χ0n) is 11.8. The van der Waals surface area contributed by atoms with E-state index in [1.807, 2.05) is 42.5 Å². The molecular formula is C16H11BrN4OS. The molecule has 0 amide bonds. The van der Waals surface area contributed by atoms with E-state index in [4.69, 9.17) is 12.2 Å². The zero-order valence-corrected chi connectivity index (χ0v) is 14.2. The first-order valence-corrected chi connectivity index (χ1v) is 7.91. The number of aromatic amines is 2. The number of para-hydroxylation sites is 1. The average molecular weight is 387 g/mol. The van der Waals surface area contributed by atoms with E-state index in [2.05, 4.69) is 36.1 Å². The van der Waals surface area contributed by atoms with Crippen LogP contribution in [0.15, 0.2) is 62.8 Å². The van der Waals surface area contributed by atoms with Gasteiger partial charge in [-0.2, -0.15) is 5.10 Å². The van der Waals surface area contributed by atoms with Gasteiger partial charge < -0.3 is 0 Å². The fourth-order valence-corrected chi connectivity index (χ4v) is 2.60. The molecule has 2 N–H and O–H groups in total. The minimum absolute atomic E-state index is 0.189. The third-order valence-electron chi connectivity index (χ3n) is 3.07. The van der Waals surface area contributed by atoms with Crippen LogP contribution in [-0.4, -0.2) is 21.4 Å². The number of aromatic nitrogens is 3. The van der Waals surface area contributed by atoms with Crippen molar-refractivity contribution in [3.05, 3.63) is 73.7 Å². The second-order valence-corrected chi connectivity index (χ2v) is 6.01. The summed E-state index contributed by atoms with van der Waals surface area (Å²) in [5.74, 6) is 0. The van der Waals surface area contributed by atoms with E-state index in [9.17, 15) is 4.79 Å². The summed E-state index contributed by atoms with van der Waals surface area (Å²) in [6.07, 6.45) is 1.74. The van der Waals surface area contributed by atoms with E-state index in [0.717, 1.165) is 10.0 Å². The Labute approximate surface area is 145 Å². The van der Waals surface area contributed by atoms with Crippen molar-refractivity contribution in [3.63, 3.8) is 0 Å². The molecule has 2 aromatic carbocycles. The predicted molar refractivity (Wildman–Crippen MR) is 96.9 cm³/mol. The summed E-state index contributed by atoms with van der Waals surface area (Å²) in [7, 11) is 0. The molecule has 23 heavy (non-hydrogen) atoms. The number of hydrogen-bond donors (Lipinski definition) is 2. The van der Waals surface area contributed by atoms with Gasteiger partial charge in [-0.1, -0.05) is 46.3 Å². The molecule has 0 aliphatic carbocycles. The fourth-order valence-electron chi connectivity index (χ4n) is 2.05. The molecule has 114 valence electrons. The van der Waals surface area contributed by atoms with Gasteiger partial charge in [-0.05, 0) is 36.0 Å². The van der Waals surface area contributed by atoms with Gasteiger partial charge in [0.2, 0.25) is 0 Å². The van der Waals surface area contributed by atoms with Gasteiger partial charge in [0, 0.05) is 16.3 Å². The number of halogens is 1. The molecule has 3 rings (SSSR count). The van der Waals surface area contributed by atoms with E-state index >= 15 is 0 Å². The van der Waals surface area contributed by atoms with Gasteiger partial charge in [-0.25, -0.2) is 0 Å². The number of nitrogens with one attached hydrogen (secondary N) is 2. The molecule has 0 unspecified atom stereocenters. The molecule has 0 aliphatic heterocycles. The second kappa shape index (κ2) is 6.80. The number of benzene rings is 2. The Balaban J connectivity index is 2.04. The summed E-state index contributed by atoms with van der Waals surface area (Å²) in [5, 5.41) is 6.62. The maximum absolute atomic E-state index is 12.0. The van der Waals surface area contributed by atoms with Crippen molar-refractivity contribution >= 4 is 40.0 Å². The van der Waals surface area contributed by atoms with E-state index in [0.29, 0.717) is 11.3 Å². The smallest absolute Gasteiger partial charge is 0.278 e. The lowest BCUT2D eigenvalue weighted by atomic mass is 10.1. The molecule has 0 fully saturated rings. The Morgan fingerprint density at radius 1 is 1.17 bits per heavy atom. The molecule has 0 saturated carbocycles. The van der Waals surface area contributed by atoms with E-state index in [1.165, 1.54) is 0 Å².